The second-order valence-corrected chi connectivity index (χ2v) is 5.32. The number of carbonyl (C=O) groups is 1. The van der Waals surface area contributed by atoms with Crippen LogP contribution in [0.2, 0.25) is 0 Å². The summed E-state index contributed by atoms with van der Waals surface area (Å²) in [6.45, 7) is 1.30. The topological polar surface area (TPSA) is 112 Å². The van der Waals surface area contributed by atoms with Crippen LogP contribution in [0, 0.1) is 10.1 Å². The number of hydrogen-bond donors (Lipinski definition) is 1. The van der Waals surface area contributed by atoms with Crippen LogP contribution in [0.5, 0.6) is 17.2 Å². The van der Waals surface area contributed by atoms with E-state index in [1.165, 1.54) is 32.4 Å². The van der Waals surface area contributed by atoms with Crippen LogP contribution in [0.3, 0.4) is 0 Å². The van der Waals surface area contributed by atoms with Crippen molar-refractivity contribution in [2.75, 3.05) is 20.8 Å². The molecule has 1 amide bonds. The van der Waals surface area contributed by atoms with Gasteiger partial charge >= 0.3 is 5.69 Å². The first-order chi connectivity index (χ1) is 13.0. The summed E-state index contributed by atoms with van der Waals surface area (Å²) in [5, 5.41) is 14.9. The van der Waals surface area contributed by atoms with Gasteiger partial charge in [0.15, 0.2) is 23.9 Å². The number of rotatable bonds is 8. The van der Waals surface area contributed by atoms with Gasteiger partial charge in [0.05, 0.1) is 24.9 Å². The number of nitrogens with one attached hydrogen (secondary N) is 1. The third-order valence-corrected chi connectivity index (χ3v) is 3.57. The monoisotopic (exact) mass is 373 g/mol. The maximum atomic E-state index is 11.9. The van der Waals surface area contributed by atoms with E-state index in [4.69, 9.17) is 14.2 Å². The summed E-state index contributed by atoms with van der Waals surface area (Å²) in [5.74, 6) is 0.581. The van der Waals surface area contributed by atoms with Crippen molar-refractivity contribution in [3.63, 3.8) is 0 Å². The van der Waals surface area contributed by atoms with Gasteiger partial charge in [-0.15, -0.1) is 0 Å². The lowest BCUT2D eigenvalue weighted by molar-refractivity contribution is -0.385. The quantitative estimate of drug-likeness (QED) is 0.432. The van der Waals surface area contributed by atoms with E-state index in [-0.39, 0.29) is 11.4 Å². The second-order valence-electron chi connectivity index (χ2n) is 5.32. The van der Waals surface area contributed by atoms with Gasteiger partial charge in [-0.3, -0.25) is 14.9 Å². The van der Waals surface area contributed by atoms with Crippen molar-refractivity contribution in [2.45, 2.75) is 6.92 Å². The minimum atomic E-state index is -0.577. The van der Waals surface area contributed by atoms with E-state index in [2.05, 4.69) is 10.5 Å². The first kappa shape index (κ1) is 19.7. The van der Waals surface area contributed by atoms with E-state index >= 15 is 0 Å². The average Bonchev–Trinajstić information content (AvgIpc) is 2.69. The van der Waals surface area contributed by atoms with Crippen LogP contribution in [0.25, 0.3) is 0 Å². The molecule has 9 nitrogen and oxygen atoms in total. The molecule has 0 spiro atoms. The Labute approximate surface area is 155 Å². The largest absolute Gasteiger partial charge is 0.493 e. The molecule has 2 aromatic rings. The molecule has 1 N–H and O–H groups in total. The summed E-state index contributed by atoms with van der Waals surface area (Å²) in [6, 6.07) is 11.0. The van der Waals surface area contributed by atoms with E-state index < -0.39 is 17.4 Å². The minimum absolute atomic E-state index is 0.0123. The number of nitro benzene ring substituents is 1. The number of hydrogen-bond acceptors (Lipinski definition) is 7. The van der Waals surface area contributed by atoms with Crippen molar-refractivity contribution in [1.82, 2.24) is 5.43 Å². The Balaban J connectivity index is 1.99. The van der Waals surface area contributed by atoms with Crippen LogP contribution in [-0.4, -0.2) is 37.4 Å². The smallest absolute Gasteiger partial charge is 0.310 e. The number of nitro groups is 1. The minimum Gasteiger partial charge on any atom is -0.493 e. The summed E-state index contributed by atoms with van der Waals surface area (Å²) in [6.07, 6.45) is 0. The summed E-state index contributed by atoms with van der Waals surface area (Å²) < 4.78 is 15.6. The zero-order valence-electron chi connectivity index (χ0n) is 15.1. The van der Waals surface area contributed by atoms with Crippen molar-refractivity contribution in [2.24, 2.45) is 5.10 Å². The molecule has 0 heterocycles. The highest BCUT2D eigenvalue weighted by Crippen LogP contribution is 2.28. The van der Waals surface area contributed by atoms with Gasteiger partial charge < -0.3 is 14.2 Å². The summed E-state index contributed by atoms with van der Waals surface area (Å²) in [7, 11) is 3.06. The highest BCUT2D eigenvalue weighted by Gasteiger charge is 2.15. The summed E-state index contributed by atoms with van der Waals surface area (Å²) >= 11 is 0. The number of benzene rings is 2. The Morgan fingerprint density at radius 2 is 1.81 bits per heavy atom. The lowest BCUT2D eigenvalue weighted by Gasteiger charge is -2.09. The molecule has 0 aliphatic carbocycles. The molecule has 0 aromatic heterocycles. The van der Waals surface area contributed by atoms with Crippen LogP contribution in [-0.2, 0) is 4.79 Å². The summed E-state index contributed by atoms with van der Waals surface area (Å²) in [4.78, 5) is 22.2. The van der Waals surface area contributed by atoms with Crippen molar-refractivity contribution in [3.8, 4) is 17.2 Å². The normalized spacial score (nSPS) is 10.9. The van der Waals surface area contributed by atoms with Crippen molar-refractivity contribution < 1.29 is 23.9 Å². The number of amides is 1. The maximum Gasteiger partial charge on any atom is 0.310 e. The van der Waals surface area contributed by atoms with Crippen LogP contribution in [0.15, 0.2) is 47.6 Å². The van der Waals surface area contributed by atoms with Crippen LogP contribution in [0.4, 0.5) is 5.69 Å². The van der Waals surface area contributed by atoms with E-state index in [1.807, 2.05) is 0 Å². The predicted molar refractivity (Wildman–Crippen MR) is 98.5 cm³/mol. The van der Waals surface area contributed by atoms with Gasteiger partial charge in [-0.2, -0.15) is 5.10 Å². The van der Waals surface area contributed by atoms with Gasteiger partial charge in [-0.05, 0) is 31.2 Å². The van der Waals surface area contributed by atoms with Gasteiger partial charge in [0.2, 0.25) is 0 Å². The van der Waals surface area contributed by atoms with Crippen LogP contribution >= 0.6 is 0 Å². The number of hydrazone groups is 1. The molecule has 0 saturated heterocycles. The number of carbonyl (C=O) groups excluding carboxylic acids is 1. The standard InChI is InChI=1S/C18H19N3O6/c1-12(13-8-9-16(25-2)17(10-13)26-3)19-20-18(22)11-27-15-7-5-4-6-14(15)21(23)24/h4-10H,11H2,1-3H3,(H,20,22)/b19-12-. The SMILES string of the molecule is COc1ccc(/C(C)=N\NC(=O)COc2ccccc2[N+](=O)[O-])cc1OC. The van der Waals surface area contributed by atoms with Crippen molar-refractivity contribution >= 4 is 17.3 Å². The molecule has 9 heteroatoms. The third kappa shape index (κ3) is 5.18. The predicted octanol–water partition coefficient (Wildman–Crippen LogP) is 2.53. The molecular formula is C18H19N3O6. The molecule has 0 aliphatic heterocycles. The number of methoxy groups -OCH3 is 2. The zero-order chi connectivity index (χ0) is 19.8. The highest BCUT2D eigenvalue weighted by atomic mass is 16.6. The van der Waals surface area contributed by atoms with Crippen molar-refractivity contribution in [3.05, 3.63) is 58.1 Å². The summed E-state index contributed by atoms with van der Waals surface area (Å²) in [5.41, 5.74) is 3.40. The molecule has 2 rings (SSSR count). The molecule has 0 bridgehead atoms. The second kappa shape index (κ2) is 9.18. The van der Waals surface area contributed by atoms with Gasteiger partial charge in [0, 0.05) is 11.6 Å². The molecule has 0 radical (unpaired) electrons. The molecule has 0 aliphatic rings. The van der Waals surface area contributed by atoms with Gasteiger partial charge in [-0.1, -0.05) is 12.1 Å². The lowest BCUT2D eigenvalue weighted by atomic mass is 10.1. The molecular weight excluding hydrogens is 354 g/mol. The molecule has 142 valence electrons. The average molecular weight is 373 g/mol. The maximum absolute atomic E-state index is 11.9. The fraction of sp³-hybridized carbons (Fsp3) is 0.222. The van der Waals surface area contributed by atoms with E-state index in [0.29, 0.717) is 17.2 Å². The first-order valence-electron chi connectivity index (χ1n) is 7.88. The zero-order valence-corrected chi connectivity index (χ0v) is 15.1. The Morgan fingerprint density at radius 1 is 1.11 bits per heavy atom. The van der Waals surface area contributed by atoms with E-state index in [0.717, 1.165) is 5.56 Å². The Bertz CT molecular complexity index is 866. The van der Waals surface area contributed by atoms with Crippen molar-refractivity contribution in [1.29, 1.82) is 0 Å². The van der Waals surface area contributed by atoms with E-state index in [1.54, 1.807) is 31.2 Å². The Morgan fingerprint density at radius 3 is 2.48 bits per heavy atom. The number of ether oxygens (including phenoxy) is 3. The van der Waals surface area contributed by atoms with E-state index in [9.17, 15) is 14.9 Å². The van der Waals surface area contributed by atoms with Gasteiger partial charge in [-0.25, -0.2) is 5.43 Å². The van der Waals surface area contributed by atoms with Gasteiger partial charge in [0.1, 0.15) is 0 Å². The molecule has 27 heavy (non-hydrogen) atoms. The number of para-hydroxylation sites is 2. The molecule has 0 fully saturated rings. The lowest BCUT2D eigenvalue weighted by Crippen LogP contribution is -2.25. The Kier molecular flexibility index (Phi) is 6.70. The van der Waals surface area contributed by atoms with Gasteiger partial charge in [0.25, 0.3) is 5.91 Å². The Hall–Kier alpha value is -3.62. The number of nitrogens with zero attached hydrogens (tertiary/aromatic N) is 2. The van der Waals surface area contributed by atoms with Crippen LogP contribution < -0.4 is 19.6 Å². The molecule has 2 aromatic carbocycles. The molecule has 0 atom stereocenters. The fourth-order valence-corrected chi connectivity index (χ4v) is 2.18. The van der Waals surface area contributed by atoms with Crippen LogP contribution in [0.1, 0.15) is 12.5 Å². The first-order valence-corrected chi connectivity index (χ1v) is 7.88. The fourth-order valence-electron chi connectivity index (χ4n) is 2.18. The third-order valence-electron chi connectivity index (χ3n) is 3.57. The highest BCUT2D eigenvalue weighted by molar-refractivity contribution is 5.99. The molecule has 0 unspecified atom stereocenters. The molecule has 0 saturated carbocycles.